The van der Waals surface area contributed by atoms with E-state index in [4.69, 9.17) is 9.84 Å². The third-order valence-electron chi connectivity index (χ3n) is 6.47. The van der Waals surface area contributed by atoms with Gasteiger partial charge in [0.2, 0.25) is 11.8 Å². The predicted molar refractivity (Wildman–Crippen MR) is 144 cm³/mol. The molecule has 216 valence electrons. The minimum absolute atomic E-state index is 0.0402. The van der Waals surface area contributed by atoms with Gasteiger partial charge in [-0.3, -0.25) is 14.4 Å². The first kappa shape index (κ1) is 34.8. The molecule has 0 radical (unpaired) electrons. The third-order valence-corrected chi connectivity index (χ3v) is 6.47. The zero-order chi connectivity index (χ0) is 27.6. The highest BCUT2D eigenvalue weighted by Crippen LogP contribution is 2.14. The van der Waals surface area contributed by atoms with Crippen LogP contribution in [0.25, 0.3) is 0 Å². The molecule has 0 aliphatic carbocycles. The molecule has 0 saturated carbocycles. The molecule has 1 atom stereocenters. The van der Waals surface area contributed by atoms with Crippen molar-refractivity contribution in [1.82, 2.24) is 10.6 Å². The van der Waals surface area contributed by atoms with Gasteiger partial charge in [0, 0.05) is 32.9 Å². The number of ether oxygens (including phenoxy) is 1. The fourth-order valence-electron chi connectivity index (χ4n) is 4.22. The number of amides is 2. The van der Waals surface area contributed by atoms with E-state index in [-0.39, 0.29) is 24.7 Å². The number of hydrogen-bond acceptors (Lipinski definition) is 5. The smallest absolute Gasteiger partial charge is 0.326 e. The molecule has 9 heteroatoms. The van der Waals surface area contributed by atoms with Gasteiger partial charge in [-0.05, 0) is 19.3 Å². The van der Waals surface area contributed by atoms with Crippen molar-refractivity contribution < 1.29 is 34.1 Å². The Balaban J connectivity index is 3.53. The number of carboxylic acids is 2. The molecule has 0 aromatic heterocycles. The quantitative estimate of drug-likeness (QED) is 0.107. The summed E-state index contributed by atoms with van der Waals surface area (Å²) in [6.45, 7) is 0.771. The minimum Gasteiger partial charge on any atom is -0.481 e. The second kappa shape index (κ2) is 25.5. The van der Waals surface area contributed by atoms with E-state index in [0.29, 0.717) is 26.0 Å². The Bertz CT molecular complexity index is 613. The Kier molecular flexibility index (Phi) is 24.0. The van der Waals surface area contributed by atoms with Gasteiger partial charge >= 0.3 is 11.9 Å². The zero-order valence-corrected chi connectivity index (χ0v) is 23.1. The first-order chi connectivity index (χ1) is 17.9. The Morgan fingerprint density at radius 3 is 1.46 bits per heavy atom. The van der Waals surface area contributed by atoms with E-state index < -0.39 is 18.0 Å². The van der Waals surface area contributed by atoms with Crippen molar-refractivity contribution in [2.45, 2.75) is 134 Å². The maximum Gasteiger partial charge on any atom is 0.326 e. The fourth-order valence-corrected chi connectivity index (χ4v) is 4.22. The van der Waals surface area contributed by atoms with Crippen molar-refractivity contribution in [3.05, 3.63) is 0 Å². The Hall–Kier alpha value is -2.16. The summed E-state index contributed by atoms with van der Waals surface area (Å²) in [5.41, 5.74) is 0. The minimum atomic E-state index is -1.12. The van der Waals surface area contributed by atoms with E-state index in [2.05, 4.69) is 10.6 Å². The molecule has 0 bridgehead atoms. The molecular weight excluding hydrogens is 476 g/mol. The van der Waals surface area contributed by atoms with Gasteiger partial charge in [0.1, 0.15) is 6.04 Å². The van der Waals surface area contributed by atoms with Crippen molar-refractivity contribution in [2.24, 2.45) is 0 Å². The SMILES string of the molecule is COCCNC(=O)CCC(NC(=O)CCCCCCCCCCCCCCCCCCC(=O)O)C(=O)O. The average molecular weight is 529 g/mol. The fraction of sp³-hybridized carbons (Fsp3) is 0.857. The highest BCUT2D eigenvalue weighted by molar-refractivity contribution is 5.84. The normalized spacial score (nSPS) is 11.7. The van der Waals surface area contributed by atoms with Gasteiger partial charge in [0.05, 0.1) is 6.61 Å². The van der Waals surface area contributed by atoms with Crippen LogP contribution >= 0.6 is 0 Å². The number of hydrogen-bond donors (Lipinski definition) is 4. The van der Waals surface area contributed by atoms with E-state index in [0.717, 1.165) is 38.5 Å². The average Bonchev–Trinajstić information content (AvgIpc) is 2.85. The molecule has 1 unspecified atom stereocenters. The van der Waals surface area contributed by atoms with Gasteiger partial charge in [0.15, 0.2) is 0 Å². The lowest BCUT2D eigenvalue weighted by atomic mass is 10.0. The Morgan fingerprint density at radius 1 is 0.622 bits per heavy atom. The largest absolute Gasteiger partial charge is 0.481 e. The molecule has 0 spiro atoms. The van der Waals surface area contributed by atoms with Crippen LogP contribution in [0.5, 0.6) is 0 Å². The number of carboxylic acid groups (broad SMARTS) is 2. The van der Waals surface area contributed by atoms with Crippen LogP contribution in [0.2, 0.25) is 0 Å². The van der Waals surface area contributed by atoms with Crippen molar-refractivity contribution in [3.63, 3.8) is 0 Å². The van der Waals surface area contributed by atoms with Gasteiger partial charge in [-0.25, -0.2) is 4.79 Å². The van der Waals surface area contributed by atoms with Gasteiger partial charge in [-0.2, -0.15) is 0 Å². The summed E-state index contributed by atoms with van der Waals surface area (Å²) in [5, 5.41) is 23.1. The monoisotopic (exact) mass is 528 g/mol. The summed E-state index contributed by atoms with van der Waals surface area (Å²) in [4.78, 5) is 45.6. The number of nitrogens with one attached hydrogen (secondary N) is 2. The maximum absolute atomic E-state index is 12.1. The van der Waals surface area contributed by atoms with E-state index in [1.165, 1.54) is 71.3 Å². The summed E-state index contributed by atoms with van der Waals surface area (Å²) in [5.74, 6) is -2.34. The number of rotatable bonds is 27. The van der Waals surface area contributed by atoms with Gasteiger partial charge in [0.25, 0.3) is 0 Å². The summed E-state index contributed by atoms with van der Waals surface area (Å²) in [7, 11) is 1.53. The maximum atomic E-state index is 12.1. The molecule has 0 saturated heterocycles. The molecule has 0 heterocycles. The Morgan fingerprint density at radius 2 is 1.05 bits per heavy atom. The van der Waals surface area contributed by atoms with E-state index in [1.54, 1.807) is 0 Å². The van der Waals surface area contributed by atoms with Gasteiger partial charge in [-0.1, -0.05) is 89.9 Å². The first-order valence-electron chi connectivity index (χ1n) is 14.4. The van der Waals surface area contributed by atoms with Crippen molar-refractivity contribution in [3.8, 4) is 0 Å². The number of methoxy groups -OCH3 is 1. The summed E-state index contributed by atoms with van der Waals surface area (Å²) in [6, 6.07) is -1.05. The lowest BCUT2D eigenvalue weighted by molar-refractivity contribution is -0.142. The summed E-state index contributed by atoms with van der Waals surface area (Å²) >= 11 is 0. The Labute approximate surface area is 223 Å². The zero-order valence-electron chi connectivity index (χ0n) is 23.1. The van der Waals surface area contributed by atoms with Crippen LogP contribution in [0.1, 0.15) is 128 Å². The van der Waals surface area contributed by atoms with Crippen molar-refractivity contribution in [2.75, 3.05) is 20.3 Å². The third kappa shape index (κ3) is 25.3. The van der Waals surface area contributed by atoms with Crippen molar-refractivity contribution in [1.29, 1.82) is 0 Å². The van der Waals surface area contributed by atoms with Crippen LogP contribution in [0, 0.1) is 0 Å². The number of unbranched alkanes of at least 4 members (excludes halogenated alkanes) is 15. The van der Waals surface area contributed by atoms with E-state index in [9.17, 15) is 24.3 Å². The molecule has 9 nitrogen and oxygen atoms in total. The lowest BCUT2D eigenvalue weighted by Gasteiger charge is -2.14. The van der Waals surface area contributed by atoms with E-state index >= 15 is 0 Å². The molecule has 0 aliphatic heterocycles. The molecule has 2 amide bonds. The van der Waals surface area contributed by atoms with Crippen LogP contribution < -0.4 is 10.6 Å². The van der Waals surface area contributed by atoms with Crippen LogP contribution in [-0.4, -0.2) is 60.3 Å². The van der Waals surface area contributed by atoms with Crippen LogP contribution in [0.15, 0.2) is 0 Å². The molecule has 0 rings (SSSR count). The molecular formula is C28H52N2O7. The summed E-state index contributed by atoms with van der Waals surface area (Å²) in [6.07, 6.45) is 19.0. The highest BCUT2D eigenvalue weighted by atomic mass is 16.5. The molecule has 4 N–H and O–H groups in total. The van der Waals surface area contributed by atoms with Gasteiger partial charge in [-0.15, -0.1) is 0 Å². The topological polar surface area (TPSA) is 142 Å². The highest BCUT2D eigenvalue weighted by Gasteiger charge is 2.20. The molecule has 0 aliphatic rings. The van der Waals surface area contributed by atoms with Crippen LogP contribution in [-0.2, 0) is 23.9 Å². The first-order valence-corrected chi connectivity index (χ1v) is 14.4. The molecule has 0 aromatic rings. The lowest BCUT2D eigenvalue weighted by Crippen LogP contribution is -2.41. The van der Waals surface area contributed by atoms with E-state index in [1.807, 2.05) is 0 Å². The standard InChI is InChI=1S/C28H52N2O7/c1-37-23-22-29-25(31)21-20-24(28(35)36)30-26(32)18-16-14-12-10-8-6-4-2-3-5-7-9-11-13-15-17-19-27(33)34/h24H,2-23H2,1H3,(H,29,31)(H,30,32)(H,33,34)(H,35,36). The predicted octanol–water partition coefficient (Wildman–Crippen LogP) is 5.21. The number of carbonyl (C=O) groups is 4. The second-order valence-corrected chi connectivity index (χ2v) is 9.89. The molecule has 0 aromatic carbocycles. The number of carbonyl (C=O) groups excluding carboxylic acids is 2. The summed E-state index contributed by atoms with van der Waals surface area (Å²) < 4.78 is 4.85. The molecule has 0 fully saturated rings. The number of aliphatic carboxylic acids is 2. The second-order valence-electron chi connectivity index (χ2n) is 9.89. The van der Waals surface area contributed by atoms with Crippen LogP contribution in [0.3, 0.4) is 0 Å². The molecule has 37 heavy (non-hydrogen) atoms. The van der Waals surface area contributed by atoms with Gasteiger partial charge < -0.3 is 25.6 Å². The van der Waals surface area contributed by atoms with Crippen LogP contribution in [0.4, 0.5) is 0 Å². The van der Waals surface area contributed by atoms with Crippen molar-refractivity contribution >= 4 is 23.8 Å².